The van der Waals surface area contributed by atoms with Crippen LogP contribution in [0.1, 0.15) is 48.9 Å². The Morgan fingerprint density at radius 2 is 1.40 bits per heavy atom. The number of aromatic nitrogens is 2. The fourth-order valence-corrected chi connectivity index (χ4v) is 8.00. The molecular weight excluding hydrogens is 544 g/mol. The van der Waals surface area contributed by atoms with Crippen LogP contribution < -0.4 is 24.8 Å². The Morgan fingerprint density at radius 1 is 0.791 bits per heavy atom. The molecular formula is C34H36N4O5. The maximum absolute atomic E-state index is 13.5. The summed E-state index contributed by atoms with van der Waals surface area (Å²) >= 11 is 0. The second-order valence-corrected chi connectivity index (χ2v) is 12.4. The maximum atomic E-state index is 13.5. The molecule has 0 atom stereocenters. The summed E-state index contributed by atoms with van der Waals surface area (Å²) in [5.41, 5.74) is 4.18. The van der Waals surface area contributed by atoms with Gasteiger partial charge in [0, 0.05) is 22.5 Å². The van der Waals surface area contributed by atoms with Gasteiger partial charge in [0.05, 0.1) is 37.8 Å². The van der Waals surface area contributed by atoms with Crippen LogP contribution in [0.15, 0.2) is 54.6 Å². The lowest BCUT2D eigenvalue weighted by Gasteiger charge is -2.55. The number of rotatable bonds is 8. The van der Waals surface area contributed by atoms with Crippen molar-refractivity contribution in [2.45, 2.75) is 38.5 Å². The second-order valence-electron chi connectivity index (χ2n) is 12.4. The van der Waals surface area contributed by atoms with Crippen LogP contribution in [0.25, 0.3) is 22.4 Å². The van der Waals surface area contributed by atoms with Gasteiger partial charge in [0.2, 0.25) is 11.7 Å². The van der Waals surface area contributed by atoms with E-state index in [1.54, 1.807) is 12.1 Å². The number of anilines is 2. The Balaban J connectivity index is 1.05. The second kappa shape index (κ2) is 10.6. The molecule has 0 saturated heterocycles. The van der Waals surface area contributed by atoms with Crippen molar-refractivity contribution in [3.8, 4) is 28.6 Å². The number of hydrogen-bond donors (Lipinski definition) is 3. The molecule has 1 aromatic heterocycles. The number of amides is 2. The Morgan fingerprint density at radius 3 is 1.98 bits per heavy atom. The zero-order valence-corrected chi connectivity index (χ0v) is 24.7. The predicted octanol–water partition coefficient (Wildman–Crippen LogP) is 6.66. The van der Waals surface area contributed by atoms with Crippen LogP contribution in [-0.2, 0) is 4.79 Å². The standard InChI is InChI=1S/C34H36N4O5/c1-41-28-13-23(14-29(42-2)30(28)43-3)32(39)35-24-6-4-22(5-7-24)31-37-26-9-8-25(15-27(26)38-31)36-33(40)34-16-19-10-20(17-34)12-21(11-19)18-34/h4-9,13-15,19-21H,10-12,16-18H2,1-3H3,(H,35,39)(H,36,40)(H,37,38). The number of ether oxygens (including phenoxy) is 3. The van der Waals surface area contributed by atoms with Crippen molar-refractivity contribution in [3.05, 3.63) is 60.2 Å². The minimum absolute atomic E-state index is 0.189. The highest BCUT2D eigenvalue weighted by Gasteiger charge is 2.54. The molecule has 4 saturated carbocycles. The Kier molecular flexibility index (Phi) is 6.75. The molecule has 2 amide bonds. The van der Waals surface area contributed by atoms with Gasteiger partial charge in [-0.05, 0) is 111 Å². The molecule has 1 heterocycles. The Hall–Kier alpha value is -4.53. The van der Waals surface area contributed by atoms with E-state index in [2.05, 4.69) is 15.6 Å². The molecule has 222 valence electrons. The lowest BCUT2D eigenvalue weighted by atomic mass is 9.49. The van der Waals surface area contributed by atoms with E-state index >= 15 is 0 Å². The van der Waals surface area contributed by atoms with Gasteiger partial charge >= 0.3 is 0 Å². The topological polar surface area (TPSA) is 115 Å². The first-order valence-corrected chi connectivity index (χ1v) is 14.9. The van der Waals surface area contributed by atoms with Gasteiger partial charge in [0.25, 0.3) is 5.91 Å². The quantitative estimate of drug-likeness (QED) is 0.215. The third kappa shape index (κ3) is 4.96. The number of hydrogen-bond acceptors (Lipinski definition) is 6. The predicted molar refractivity (Wildman–Crippen MR) is 165 cm³/mol. The van der Waals surface area contributed by atoms with Gasteiger partial charge in [-0.2, -0.15) is 0 Å². The SMILES string of the molecule is COc1cc(C(=O)Nc2ccc(-c3nc4ccc(NC(=O)C56CC7CC(CC(C7)C5)C6)cc4[nH]3)cc2)cc(OC)c1OC. The summed E-state index contributed by atoms with van der Waals surface area (Å²) in [5, 5.41) is 6.16. The number of aromatic amines is 1. The van der Waals surface area contributed by atoms with Crippen LogP contribution in [-0.4, -0.2) is 43.1 Å². The van der Waals surface area contributed by atoms with Crippen molar-refractivity contribution >= 4 is 34.2 Å². The molecule has 0 unspecified atom stereocenters. The van der Waals surface area contributed by atoms with Crippen molar-refractivity contribution in [3.63, 3.8) is 0 Å². The van der Waals surface area contributed by atoms with Crippen LogP contribution in [0.2, 0.25) is 0 Å². The molecule has 4 bridgehead atoms. The highest BCUT2D eigenvalue weighted by molar-refractivity contribution is 6.05. The fourth-order valence-electron chi connectivity index (χ4n) is 8.00. The van der Waals surface area contributed by atoms with Crippen molar-refractivity contribution in [1.29, 1.82) is 0 Å². The fraction of sp³-hybridized carbons (Fsp3) is 0.382. The number of carbonyl (C=O) groups is 2. The van der Waals surface area contributed by atoms with Gasteiger partial charge in [0.1, 0.15) is 5.82 Å². The Bertz CT molecular complexity index is 1650. The van der Waals surface area contributed by atoms with Crippen LogP contribution >= 0.6 is 0 Å². The number of nitrogens with zero attached hydrogens (tertiary/aromatic N) is 1. The smallest absolute Gasteiger partial charge is 0.255 e. The molecule has 3 aromatic carbocycles. The van der Waals surface area contributed by atoms with Crippen LogP contribution in [0, 0.1) is 23.2 Å². The third-order valence-electron chi connectivity index (χ3n) is 9.60. The van der Waals surface area contributed by atoms with Crippen molar-refractivity contribution in [2.75, 3.05) is 32.0 Å². The number of imidazole rings is 1. The molecule has 9 nitrogen and oxygen atoms in total. The third-order valence-corrected chi connectivity index (χ3v) is 9.60. The number of methoxy groups -OCH3 is 3. The minimum atomic E-state index is -0.307. The summed E-state index contributed by atoms with van der Waals surface area (Å²) in [6.45, 7) is 0. The highest BCUT2D eigenvalue weighted by atomic mass is 16.5. The van der Waals surface area contributed by atoms with E-state index in [0.717, 1.165) is 59.3 Å². The van der Waals surface area contributed by atoms with E-state index in [0.29, 0.717) is 34.3 Å². The van der Waals surface area contributed by atoms with Gasteiger partial charge in [-0.1, -0.05) is 0 Å². The summed E-state index contributed by atoms with van der Waals surface area (Å²) in [5.74, 6) is 4.01. The molecule has 9 heteroatoms. The zero-order valence-electron chi connectivity index (χ0n) is 24.7. The van der Waals surface area contributed by atoms with Gasteiger partial charge in [-0.15, -0.1) is 0 Å². The monoisotopic (exact) mass is 580 g/mol. The first-order chi connectivity index (χ1) is 20.9. The van der Waals surface area contributed by atoms with E-state index in [4.69, 9.17) is 19.2 Å². The van der Waals surface area contributed by atoms with E-state index in [-0.39, 0.29) is 17.2 Å². The van der Waals surface area contributed by atoms with Gasteiger partial charge < -0.3 is 29.8 Å². The molecule has 4 fully saturated rings. The van der Waals surface area contributed by atoms with Gasteiger partial charge in [-0.25, -0.2) is 4.98 Å². The average molecular weight is 581 g/mol. The van der Waals surface area contributed by atoms with Crippen LogP contribution in [0.5, 0.6) is 17.2 Å². The van der Waals surface area contributed by atoms with Gasteiger partial charge in [0.15, 0.2) is 11.5 Å². The normalized spacial score (nSPS) is 23.7. The minimum Gasteiger partial charge on any atom is -0.493 e. The first-order valence-electron chi connectivity index (χ1n) is 14.9. The van der Waals surface area contributed by atoms with Crippen molar-refractivity contribution < 1.29 is 23.8 Å². The molecule has 0 radical (unpaired) electrons. The summed E-state index contributed by atoms with van der Waals surface area (Å²) in [4.78, 5) is 34.7. The summed E-state index contributed by atoms with van der Waals surface area (Å²) in [7, 11) is 4.54. The lowest BCUT2D eigenvalue weighted by Crippen LogP contribution is -2.51. The number of H-pyrrole nitrogens is 1. The first kappa shape index (κ1) is 27.3. The van der Waals surface area contributed by atoms with Crippen molar-refractivity contribution in [2.24, 2.45) is 23.2 Å². The lowest BCUT2D eigenvalue weighted by molar-refractivity contribution is -0.140. The summed E-state index contributed by atoms with van der Waals surface area (Å²) in [6.07, 6.45) is 7.07. The van der Waals surface area contributed by atoms with Crippen LogP contribution in [0.4, 0.5) is 11.4 Å². The number of benzene rings is 3. The highest BCUT2D eigenvalue weighted by Crippen LogP contribution is 2.60. The molecule has 4 aliphatic carbocycles. The molecule has 0 aliphatic heterocycles. The zero-order chi connectivity index (χ0) is 29.7. The maximum Gasteiger partial charge on any atom is 0.255 e. The number of nitrogens with one attached hydrogen (secondary N) is 3. The summed E-state index contributed by atoms with van der Waals surface area (Å²) in [6, 6.07) is 16.5. The number of fused-ring (bicyclic) bond motifs is 1. The van der Waals surface area contributed by atoms with E-state index in [1.165, 1.54) is 40.6 Å². The van der Waals surface area contributed by atoms with E-state index < -0.39 is 0 Å². The van der Waals surface area contributed by atoms with Crippen molar-refractivity contribution in [1.82, 2.24) is 9.97 Å². The van der Waals surface area contributed by atoms with E-state index in [1.807, 2.05) is 42.5 Å². The Labute approximate surface area is 250 Å². The van der Waals surface area contributed by atoms with Crippen LogP contribution in [0.3, 0.4) is 0 Å². The molecule has 8 rings (SSSR count). The molecule has 0 spiro atoms. The van der Waals surface area contributed by atoms with Gasteiger partial charge in [-0.3, -0.25) is 9.59 Å². The summed E-state index contributed by atoms with van der Waals surface area (Å²) < 4.78 is 16.1. The largest absolute Gasteiger partial charge is 0.493 e. The molecule has 43 heavy (non-hydrogen) atoms. The van der Waals surface area contributed by atoms with E-state index in [9.17, 15) is 9.59 Å². The number of carbonyl (C=O) groups excluding carboxylic acids is 2. The molecule has 3 N–H and O–H groups in total. The average Bonchev–Trinajstić information content (AvgIpc) is 3.43. The molecule has 4 aliphatic rings. The molecule has 4 aromatic rings.